The van der Waals surface area contributed by atoms with Gasteiger partial charge in [-0.1, -0.05) is 37.5 Å². The van der Waals surface area contributed by atoms with Crippen LogP contribution in [0.3, 0.4) is 0 Å². The molecule has 2 aliphatic heterocycles. The minimum atomic E-state index is -0.0467. The van der Waals surface area contributed by atoms with Crippen LogP contribution in [-0.4, -0.2) is 84.9 Å². The van der Waals surface area contributed by atoms with E-state index in [1.807, 2.05) is 36.1 Å². The molecule has 4 rings (SSSR count). The average molecular weight is 441 g/mol. The fourth-order valence-corrected chi connectivity index (χ4v) is 5.76. The van der Waals surface area contributed by atoms with Gasteiger partial charge in [0.1, 0.15) is 0 Å². The lowest BCUT2D eigenvalue weighted by molar-refractivity contribution is -0.129. The molecule has 0 unspecified atom stereocenters. The molecule has 1 saturated carbocycles. The summed E-state index contributed by atoms with van der Waals surface area (Å²) in [6.45, 7) is 8.96. The first kappa shape index (κ1) is 23.2. The van der Waals surface area contributed by atoms with E-state index >= 15 is 0 Å². The maximum absolute atomic E-state index is 13.3. The number of carbonyl (C=O) groups excluding carboxylic acids is 2. The van der Waals surface area contributed by atoms with Crippen molar-refractivity contribution in [1.29, 1.82) is 0 Å². The molecule has 1 N–H and O–H groups in total. The van der Waals surface area contributed by atoms with Gasteiger partial charge in [0.2, 0.25) is 5.91 Å². The van der Waals surface area contributed by atoms with Crippen LogP contribution in [0.1, 0.15) is 60.9 Å². The second-order valence-electron chi connectivity index (χ2n) is 9.83. The largest absolute Gasteiger partial charge is 0.353 e. The second kappa shape index (κ2) is 11.3. The summed E-state index contributed by atoms with van der Waals surface area (Å²) in [5.74, 6) is 0.766. The topological polar surface area (TPSA) is 55.9 Å². The molecule has 1 atom stereocenters. The summed E-state index contributed by atoms with van der Waals surface area (Å²) in [5, 5.41) is 3.27. The van der Waals surface area contributed by atoms with Gasteiger partial charge in [-0.3, -0.25) is 14.5 Å². The van der Waals surface area contributed by atoms with Crippen molar-refractivity contribution < 1.29 is 9.59 Å². The zero-order chi connectivity index (χ0) is 22.3. The highest BCUT2D eigenvalue weighted by molar-refractivity contribution is 5.95. The summed E-state index contributed by atoms with van der Waals surface area (Å²) in [5.41, 5.74) is 1.82. The van der Waals surface area contributed by atoms with E-state index in [1.54, 1.807) is 0 Å². The van der Waals surface area contributed by atoms with Crippen molar-refractivity contribution in [3.05, 3.63) is 35.4 Å². The number of piperazine rings is 1. The van der Waals surface area contributed by atoms with Gasteiger partial charge in [-0.25, -0.2) is 0 Å². The maximum atomic E-state index is 13.3. The third kappa shape index (κ3) is 5.70. The summed E-state index contributed by atoms with van der Waals surface area (Å²) >= 11 is 0. The Morgan fingerprint density at radius 2 is 1.62 bits per heavy atom. The van der Waals surface area contributed by atoms with Gasteiger partial charge in [-0.05, 0) is 63.2 Å². The van der Waals surface area contributed by atoms with E-state index in [1.165, 1.54) is 45.2 Å². The maximum Gasteiger partial charge on any atom is 0.254 e. The van der Waals surface area contributed by atoms with Crippen LogP contribution in [0.25, 0.3) is 0 Å². The van der Waals surface area contributed by atoms with Crippen molar-refractivity contribution in [3.8, 4) is 0 Å². The molecule has 1 aromatic carbocycles. The van der Waals surface area contributed by atoms with Crippen molar-refractivity contribution in [2.75, 3.05) is 52.4 Å². The van der Waals surface area contributed by atoms with Crippen LogP contribution in [-0.2, 0) is 4.79 Å². The second-order valence-corrected chi connectivity index (χ2v) is 9.83. The molecule has 0 bridgehead atoms. The number of likely N-dealkylation sites (tertiary alicyclic amines) is 1. The lowest BCUT2D eigenvalue weighted by Crippen LogP contribution is -2.58. The molecule has 3 fully saturated rings. The SMILES string of the molecule is Cc1ccccc1C(=O)N1CCN([C@@H](C(=O)NCCN2CCCCC2)C2CCCC2)CC1. The third-order valence-corrected chi connectivity index (χ3v) is 7.66. The number of hydrogen-bond donors (Lipinski definition) is 1. The molecule has 1 aromatic rings. The fourth-order valence-electron chi connectivity index (χ4n) is 5.76. The molecule has 32 heavy (non-hydrogen) atoms. The van der Waals surface area contributed by atoms with Gasteiger partial charge in [0.25, 0.3) is 5.91 Å². The monoisotopic (exact) mass is 440 g/mol. The van der Waals surface area contributed by atoms with Crippen LogP contribution in [0.5, 0.6) is 0 Å². The van der Waals surface area contributed by atoms with E-state index in [2.05, 4.69) is 15.1 Å². The Bertz CT molecular complexity index is 763. The van der Waals surface area contributed by atoms with Gasteiger partial charge in [0.05, 0.1) is 6.04 Å². The zero-order valence-corrected chi connectivity index (χ0v) is 19.7. The van der Waals surface area contributed by atoms with Gasteiger partial charge in [0.15, 0.2) is 0 Å². The van der Waals surface area contributed by atoms with E-state index < -0.39 is 0 Å². The smallest absolute Gasteiger partial charge is 0.254 e. The van der Waals surface area contributed by atoms with Crippen LogP contribution in [0.15, 0.2) is 24.3 Å². The number of nitrogens with zero attached hydrogens (tertiary/aromatic N) is 3. The number of rotatable bonds is 7. The van der Waals surface area contributed by atoms with Crippen molar-refractivity contribution in [1.82, 2.24) is 20.0 Å². The highest BCUT2D eigenvalue weighted by Gasteiger charge is 2.37. The van der Waals surface area contributed by atoms with E-state index in [4.69, 9.17) is 0 Å². The number of carbonyl (C=O) groups is 2. The average Bonchev–Trinajstić information content (AvgIpc) is 3.35. The van der Waals surface area contributed by atoms with Crippen molar-refractivity contribution in [3.63, 3.8) is 0 Å². The van der Waals surface area contributed by atoms with E-state index in [9.17, 15) is 9.59 Å². The highest BCUT2D eigenvalue weighted by Crippen LogP contribution is 2.31. The molecule has 2 heterocycles. The van der Waals surface area contributed by atoms with Crippen LogP contribution in [0, 0.1) is 12.8 Å². The van der Waals surface area contributed by atoms with Crippen LogP contribution in [0.4, 0.5) is 0 Å². The third-order valence-electron chi connectivity index (χ3n) is 7.66. The Morgan fingerprint density at radius 1 is 0.938 bits per heavy atom. The van der Waals surface area contributed by atoms with Crippen molar-refractivity contribution >= 4 is 11.8 Å². The lowest BCUT2D eigenvalue weighted by Gasteiger charge is -2.41. The summed E-state index contributed by atoms with van der Waals surface area (Å²) < 4.78 is 0. The molecular formula is C26H40N4O2. The summed E-state index contributed by atoms with van der Waals surface area (Å²) in [6, 6.07) is 7.77. The molecule has 6 heteroatoms. The quantitative estimate of drug-likeness (QED) is 0.708. The molecule has 2 saturated heterocycles. The van der Waals surface area contributed by atoms with Crippen molar-refractivity contribution in [2.45, 2.75) is 57.9 Å². The zero-order valence-electron chi connectivity index (χ0n) is 19.7. The van der Waals surface area contributed by atoms with Gasteiger partial charge in [-0.15, -0.1) is 0 Å². The van der Waals surface area contributed by atoms with Gasteiger partial charge >= 0.3 is 0 Å². The van der Waals surface area contributed by atoms with E-state index in [0.29, 0.717) is 19.0 Å². The van der Waals surface area contributed by atoms with E-state index in [-0.39, 0.29) is 17.9 Å². The molecule has 176 valence electrons. The number of benzene rings is 1. The number of aryl methyl sites for hydroxylation is 1. The van der Waals surface area contributed by atoms with Crippen molar-refractivity contribution in [2.24, 2.45) is 5.92 Å². The van der Waals surface area contributed by atoms with E-state index in [0.717, 1.165) is 50.1 Å². The normalized spacial score (nSPS) is 22.1. The van der Waals surface area contributed by atoms with Crippen LogP contribution < -0.4 is 5.32 Å². The minimum absolute atomic E-state index is 0.0467. The number of nitrogens with one attached hydrogen (secondary N) is 1. The Hall–Kier alpha value is -1.92. The molecular weight excluding hydrogens is 400 g/mol. The summed E-state index contributed by atoms with van der Waals surface area (Å²) in [4.78, 5) is 33.1. The Labute approximate surface area is 193 Å². The molecule has 2 amide bonds. The highest BCUT2D eigenvalue weighted by atomic mass is 16.2. The first-order valence-electron chi connectivity index (χ1n) is 12.7. The number of piperidine rings is 1. The Balaban J connectivity index is 1.32. The molecule has 0 aromatic heterocycles. The van der Waals surface area contributed by atoms with Crippen LogP contribution in [0.2, 0.25) is 0 Å². The first-order chi connectivity index (χ1) is 15.6. The summed E-state index contributed by atoms with van der Waals surface area (Å²) in [7, 11) is 0. The number of hydrogen-bond acceptors (Lipinski definition) is 4. The molecule has 0 spiro atoms. The lowest BCUT2D eigenvalue weighted by atomic mass is 9.95. The predicted octanol–water partition coefficient (Wildman–Crippen LogP) is 2.91. The predicted molar refractivity (Wildman–Crippen MR) is 128 cm³/mol. The molecule has 1 aliphatic carbocycles. The number of amides is 2. The van der Waals surface area contributed by atoms with Gasteiger partial charge < -0.3 is 15.1 Å². The standard InChI is InChI=1S/C26H40N4O2/c1-21-9-3-6-12-23(21)26(32)30-19-17-29(18-20-30)24(22-10-4-5-11-22)25(31)27-13-16-28-14-7-2-8-15-28/h3,6,9,12,22,24H,2,4-5,7-8,10-11,13-20H2,1H3,(H,27,31)/t24-/m1/s1. The van der Waals surface area contributed by atoms with Gasteiger partial charge in [0, 0.05) is 44.8 Å². The first-order valence-corrected chi connectivity index (χ1v) is 12.7. The Morgan fingerprint density at radius 3 is 2.31 bits per heavy atom. The van der Waals surface area contributed by atoms with Crippen LogP contribution >= 0.6 is 0 Å². The fraction of sp³-hybridized carbons (Fsp3) is 0.692. The minimum Gasteiger partial charge on any atom is -0.353 e. The molecule has 6 nitrogen and oxygen atoms in total. The van der Waals surface area contributed by atoms with Gasteiger partial charge in [-0.2, -0.15) is 0 Å². The molecule has 3 aliphatic rings. The molecule has 0 radical (unpaired) electrons. The Kier molecular flexibility index (Phi) is 8.20. The summed E-state index contributed by atoms with van der Waals surface area (Å²) in [6.07, 6.45) is 8.65.